The average molecular weight is 260 g/mol. The average Bonchev–Trinajstić information content (AvgIpc) is 2.58. The van der Waals surface area contributed by atoms with Crippen LogP contribution in [0.25, 0.3) is 22.3 Å². The van der Waals surface area contributed by atoms with Crippen LogP contribution in [0.2, 0.25) is 0 Å². The van der Waals surface area contributed by atoms with Crippen LogP contribution >= 0.6 is 0 Å². The summed E-state index contributed by atoms with van der Waals surface area (Å²) in [5.74, 6) is 0. The Morgan fingerprint density at radius 2 is 0.600 bits per heavy atom. The molecule has 0 spiro atoms. The standard InChI is InChI=1S/C18H14.C2H6/c1-3-7-15(8-4-1)17-11-13-18(14-12-17)16-9-5-2-6-10-16;1-2/h1-14H;1-2H3. The van der Waals surface area contributed by atoms with Gasteiger partial charge in [-0.05, 0) is 22.3 Å². The van der Waals surface area contributed by atoms with Crippen molar-refractivity contribution in [1.29, 1.82) is 0 Å². The third kappa shape index (κ3) is 3.36. The Morgan fingerprint density at radius 1 is 0.350 bits per heavy atom. The predicted molar refractivity (Wildman–Crippen MR) is 88.7 cm³/mol. The van der Waals surface area contributed by atoms with Crippen molar-refractivity contribution < 1.29 is 0 Å². The van der Waals surface area contributed by atoms with E-state index < -0.39 is 0 Å². The summed E-state index contributed by atoms with van der Waals surface area (Å²) in [7, 11) is 0. The Hall–Kier alpha value is -2.34. The second kappa shape index (κ2) is 7.30. The van der Waals surface area contributed by atoms with Crippen LogP contribution in [-0.4, -0.2) is 0 Å². The SMILES string of the molecule is CC.c1ccc(-c2ccc(-c3ccccc3)cc2)cc1. The molecule has 0 amide bonds. The van der Waals surface area contributed by atoms with Crippen LogP contribution in [0.3, 0.4) is 0 Å². The molecule has 0 N–H and O–H groups in total. The van der Waals surface area contributed by atoms with Gasteiger partial charge < -0.3 is 0 Å². The van der Waals surface area contributed by atoms with Crippen LogP contribution in [0.4, 0.5) is 0 Å². The third-order valence-electron chi connectivity index (χ3n) is 3.10. The smallest absolute Gasteiger partial charge is 0.0184 e. The van der Waals surface area contributed by atoms with Gasteiger partial charge in [0.1, 0.15) is 0 Å². The van der Waals surface area contributed by atoms with Gasteiger partial charge in [-0.1, -0.05) is 98.8 Å². The second-order valence-corrected chi connectivity index (χ2v) is 4.31. The van der Waals surface area contributed by atoms with E-state index in [1.807, 2.05) is 26.0 Å². The van der Waals surface area contributed by atoms with E-state index in [0.29, 0.717) is 0 Å². The molecule has 0 bridgehead atoms. The molecule has 3 rings (SSSR count). The molecule has 0 aromatic heterocycles. The van der Waals surface area contributed by atoms with Gasteiger partial charge in [-0.2, -0.15) is 0 Å². The lowest BCUT2D eigenvalue weighted by atomic mass is 10.0. The maximum absolute atomic E-state index is 2.18. The van der Waals surface area contributed by atoms with Crippen LogP contribution in [0.1, 0.15) is 13.8 Å². The summed E-state index contributed by atoms with van der Waals surface area (Å²) < 4.78 is 0. The van der Waals surface area contributed by atoms with Gasteiger partial charge in [0.05, 0.1) is 0 Å². The number of hydrogen-bond donors (Lipinski definition) is 0. The van der Waals surface area contributed by atoms with Crippen molar-refractivity contribution >= 4 is 0 Å². The molecule has 100 valence electrons. The fourth-order valence-electron chi connectivity index (χ4n) is 2.12. The lowest BCUT2D eigenvalue weighted by Crippen LogP contribution is -1.79. The highest BCUT2D eigenvalue weighted by atomic mass is 14.0. The monoisotopic (exact) mass is 260 g/mol. The Labute approximate surface area is 121 Å². The zero-order chi connectivity index (χ0) is 14.2. The van der Waals surface area contributed by atoms with Crippen molar-refractivity contribution in [3.05, 3.63) is 84.9 Å². The van der Waals surface area contributed by atoms with Gasteiger partial charge in [0, 0.05) is 0 Å². The molecule has 0 atom stereocenters. The molecule has 0 heteroatoms. The quantitative estimate of drug-likeness (QED) is 0.526. The van der Waals surface area contributed by atoms with E-state index in [-0.39, 0.29) is 0 Å². The minimum Gasteiger partial charge on any atom is -0.0683 e. The van der Waals surface area contributed by atoms with E-state index in [1.165, 1.54) is 22.3 Å². The summed E-state index contributed by atoms with van der Waals surface area (Å²) in [6.07, 6.45) is 0. The molecule has 0 aliphatic heterocycles. The lowest BCUT2D eigenvalue weighted by Gasteiger charge is -2.04. The highest BCUT2D eigenvalue weighted by Gasteiger charge is 1.98. The fraction of sp³-hybridized carbons (Fsp3) is 0.100. The molecule has 0 nitrogen and oxygen atoms in total. The molecule has 0 aliphatic carbocycles. The first-order valence-electron chi connectivity index (χ1n) is 7.14. The lowest BCUT2D eigenvalue weighted by molar-refractivity contribution is 1.50. The van der Waals surface area contributed by atoms with Crippen molar-refractivity contribution in [2.75, 3.05) is 0 Å². The molecule has 0 saturated carbocycles. The van der Waals surface area contributed by atoms with Gasteiger partial charge >= 0.3 is 0 Å². The third-order valence-corrected chi connectivity index (χ3v) is 3.10. The van der Waals surface area contributed by atoms with Crippen LogP contribution in [0.5, 0.6) is 0 Å². The molecule has 0 fully saturated rings. The minimum absolute atomic E-state index is 1.26. The highest BCUT2D eigenvalue weighted by molar-refractivity contribution is 5.70. The Balaban J connectivity index is 0.000000704. The van der Waals surface area contributed by atoms with Crippen LogP contribution in [0.15, 0.2) is 84.9 Å². The summed E-state index contributed by atoms with van der Waals surface area (Å²) in [5.41, 5.74) is 5.04. The maximum Gasteiger partial charge on any atom is -0.0184 e. The van der Waals surface area contributed by atoms with E-state index in [0.717, 1.165) is 0 Å². The van der Waals surface area contributed by atoms with E-state index in [9.17, 15) is 0 Å². The molecule has 0 unspecified atom stereocenters. The van der Waals surface area contributed by atoms with Crippen molar-refractivity contribution in [2.45, 2.75) is 13.8 Å². The molecule has 3 aromatic carbocycles. The topological polar surface area (TPSA) is 0 Å². The molecule has 20 heavy (non-hydrogen) atoms. The summed E-state index contributed by atoms with van der Waals surface area (Å²) in [5, 5.41) is 0. The molecular weight excluding hydrogens is 240 g/mol. The molecule has 0 heterocycles. The van der Waals surface area contributed by atoms with Gasteiger partial charge in [0.15, 0.2) is 0 Å². The zero-order valence-corrected chi connectivity index (χ0v) is 12.1. The van der Waals surface area contributed by atoms with E-state index >= 15 is 0 Å². The Morgan fingerprint density at radius 3 is 0.900 bits per heavy atom. The summed E-state index contributed by atoms with van der Waals surface area (Å²) in [6.45, 7) is 4.00. The Bertz CT molecular complexity index is 549. The molecule has 0 aliphatic rings. The van der Waals surface area contributed by atoms with E-state index in [2.05, 4.69) is 72.8 Å². The number of benzene rings is 3. The molecule has 3 aromatic rings. The zero-order valence-electron chi connectivity index (χ0n) is 12.1. The van der Waals surface area contributed by atoms with Crippen LogP contribution < -0.4 is 0 Å². The second-order valence-electron chi connectivity index (χ2n) is 4.31. The molecular formula is C20H20. The highest BCUT2D eigenvalue weighted by Crippen LogP contribution is 2.24. The summed E-state index contributed by atoms with van der Waals surface area (Å²) in [6, 6.07) is 29.6. The van der Waals surface area contributed by atoms with Gasteiger partial charge in [0.2, 0.25) is 0 Å². The Kier molecular flexibility index (Phi) is 5.14. The number of rotatable bonds is 2. The van der Waals surface area contributed by atoms with Crippen LogP contribution in [0, 0.1) is 0 Å². The van der Waals surface area contributed by atoms with Gasteiger partial charge in [-0.25, -0.2) is 0 Å². The van der Waals surface area contributed by atoms with Gasteiger partial charge in [-0.15, -0.1) is 0 Å². The first-order chi connectivity index (χ1) is 9.93. The summed E-state index contributed by atoms with van der Waals surface area (Å²) >= 11 is 0. The van der Waals surface area contributed by atoms with Crippen molar-refractivity contribution in [3.8, 4) is 22.3 Å². The maximum atomic E-state index is 2.18. The first kappa shape index (κ1) is 14.1. The fourth-order valence-corrected chi connectivity index (χ4v) is 2.12. The minimum atomic E-state index is 1.26. The van der Waals surface area contributed by atoms with E-state index in [1.54, 1.807) is 0 Å². The first-order valence-corrected chi connectivity index (χ1v) is 7.14. The van der Waals surface area contributed by atoms with Crippen molar-refractivity contribution in [2.24, 2.45) is 0 Å². The molecule has 0 saturated heterocycles. The van der Waals surface area contributed by atoms with Crippen molar-refractivity contribution in [3.63, 3.8) is 0 Å². The van der Waals surface area contributed by atoms with Crippen LogP contribution in [-0.2, 0) is 0 Å². The summed E-state index contributed by atoms with van der Waals surface area (Å²) in [4.78, 5) is 0. The van der Waals surface area contributed by atoms with Crippen molar-refractivity contribution in [1.82, 2.24) is 0 Å². The largest absolute Gasteiger partial charge is 0.0683 e. The molecule has 0 radical (unpaired) electrons. The normalized spacial score (nSPS) is 9.50. The predicted octanol–water partition coefficient (Wildman–Crippen LogP) is 6.05. The van der Waals surface area contributed by atoms with Gasteiger partial charge in [0.25, 0.3) is 0 Å². The number of hydrogen-bond acceptors (Lipinski definition) is 0. The van der Waals surface area contributed by atoms with Gasteiger partial charge in [-0.3, -0.25) is 0 Å². The van der Waals surface area contributed by atoms with E-state index in [4.69, 9.17) is 0 Å².